The molecule has 0 N–H and O–H groups in total. The molecule has 1 heterocycles. The Bertz CT molecular complexity index is 679. The van der Waals surface area contributed by atoms with Crippen molar-refractivity contribution in [2.24, 2.45) is 0 Å². The van der Waals surface area contributed by atoms with Crippen molar-refractivity contribution in [3.05, 3.63) is 41.1 Å². The lowest BCUT2D eigenvalue weighted by atomic mass is 10.0. The maximum Gasteiger partial charge on any atom is 0.340 e. The predicted molar refractivity (Wildman–Crippen MR) is 73.3 cm³/mol. The molecule has 0 saturated heterocycles. The van der Waals surface area contributed by atoms with Crippen LogP contribution in [0.25, 0.3) is 10.9 Å². The number of carbonyl (C=O) groups excluding carboxylic acids is 2. The van der Waals surface area contributed by atoms with Gasteiger partial charge in [0.25, 0.3) is 0 Å². The fourth-order valence-corrected chi connectivity index (χ4v) is 2.09. The van der Waals surface area contributed by atoms with Crippen LogP contribution in [0.5, 0.6) is 0 Å². The zero-order valence-electron chi connectivity index (χ0n) is 11.6. The summed E-state index contributed by atoms with van der Waals surface area (Å²) in [7, 11) is 1.31. The minimum absolute atomic E-state index is 0.0502. The number of rotatable bonds is 3. The Morgan fingerprint density at radius 2 is 1.95 bits per heavy atom. The number of esters is 2. The average molecular weight is 273 g/mol. The van der Waals surface area contributed by atoms with Crippen LogP contribution in [-0.2, 0) is 20.9 Å². The summed E-state index contributed by atoms with van der Waals surface area (Å²) in [4.78, 5) is 27.3. The van der Waals surface area contributed by atoms with Crippen LogP contribution in [0.1, 0.15) is 28.5 Å². The van der Waals surface area contributed by atoms with Gasteiger partial charge in [-0.25, -0.2) is 9.78 Å². The van der Waals surface area contributed by atoms with Crippen LogP contribution in [0.3, 0.4) is 0 Å². The van der Waals surface area contributed by atoms with Gasteiger partial charge in [0.1, 0.15) is 6.61 Å². The van der Waals surface area contributed by atoms with Crippen LogP contribution in [0, 0.1) is 6.92 Å². The van der Waals surface area contributed by atoms with Gasteiger partial charge < -0.3 is 9.47 Å². The molecule has 5 nitrogen and oxygen atoms in total. The van der Waals surface area contributed by atoms with Crippen molar-refractivity contribution >= 4 is 22.8 Å². The molecule has 0 atom stereocenters. The molecule has 20 heavy (non-hydrogen) atoms. The SMILES string of the molecule is COC(=O)c1c(COC(C)=O)nc2ccccc2c1C. The van der Waals surface area contributed by atoms with Crippen molar-refractivity contribution in [1.29, 1.82) is 0 Å². The third-order valence-electron chi connectivity index (χ3n) is 3.03. The molecule has 5 heteroatoms. The van der Waals surface area contributed by atoms with Crippen molar-refractivity contribution < 1.29 is 19.1 Å². The van der Waals surface area contributed by atoms with E-state index in [1.807, 2.05) is 31.2 Å². The summed E-state index contributed by atoms with van der Waals surface area (Å²) in [6, 6.07) is 7.48. The largest absolute Gasteiger partial charge is 0.465 e. The molecule has 0 aliphatic heterocycles. The summed E-state index contributed by atoms with van der Waals surface area (Å²) in [5.41, 5.74) is 2.28. The Kier molecular flexibility index (Phi) is 3.98. The molecule has 0 spiro atoms. The standard InChI is InChI=1S/C15H15NO4/c1-9-11-6-4-5-7-12(11)16-13(8-20-10(2)17)14(9)15(18)19-3/h4-7H,8H2,1-3H3. The number of carbonyl (C=O) groups is 2. The van der Waals surface area contributed by atoms with Gasteiger partial charge in [0.05, 0.1) is 23.9 Å². The number of para-hydroxylation sites is 1. The molecule has 0 radical (unpaired) electrons. The number of hydrogen-bond acceptors (Lipinski definition) is 5. The topological polar surface area (TPSA) is 65.5 Å². The van der Waals surface area contributed by atoms with Crippen LogP contribution in [0.15, 0.2) is 24.3 Å². The van der Waals surface area contributed by atoms with E-state index in [4.69, 9.17) is 9.47 Å². The van der Waals surface area contributed by atoms with Gasteiger partial charge in [0, 0.05) is 12.3 Å². The average Bonchev–Trinajstić information content (AvgIpc) is 2.44. The number of ether oxygens (including phenoxy) is 2. The number of aromatic nitrogens is 1. The maximum atomic E-state index is 11.9. The van der Waals surface area contributed by atoms with Gasteiger partial charge in [-0.15, -0.1) is 0 Å². The Labute approximate surface area is 116 Å². The monoisotopic (exact) mass is 273 g/mol. The van der Waals surface area contributed by atoms with Crippen molar-refractivity contribution in [3.8, 4) is 0 Å². The summed E-state index contributed by atoms with van der Waals surface area (Å²) in [5, 5.41) is 0.875. The van der Waals surface area contributed by atoms with Crippen LogP contribution >= 0.6 is 0 Å². The quantitative estimate of drug-likeness (QED) is 0.803. The maximum absolute atomic E-state index is 11.9. The first-order valence-corrected chi connectivity index (χ1v) is 6.14. The minimum atomic E-state index is -0.483. The number of hydrogen-bond donors (Lipinski definition) is 0. The van der Waals surface area contributed by atoms with E-state index in [1.54, 1.807) is 0 Å². The number of nitrogens with zero attached hydrogens (tertiary/aromatic N) is 1. The van der Waals surface area contributed by atoms with Gasteiger partial charge in [0.15, 0.2) is 0 Å². The molecular formula is C15H15NO4. The first-order chi connectivity index (χ1) is 9.54. The Balaban J connectivity index is 2.63. The molecule has 0 bridgehead atoms. The fraction of sp³-hybridized carbons (Fsp3) is 0.267. The van der Waals surface area contributed by atoms with E-state index in [1.165, 1.54) is 14.0 Å². The van der Waals surface area contributed by atoms with Crippen LogP contribution in [0.2, 0.25) is 0 Å². The summed E-state index contributed by atoms with van der Waals surface area (Å²) < 4.78 is 9.75. The van der Waals surface area contributed by atoms with Crippen molar-refractivity contribution in [1.82, 2.24) is 4.98 Å². The summed E-state index contributed by atoms with van der Waals surface area (Å²) in [5.74, 6) is -0.906. The van der Waals surface area contributed by atoms with E-state index < -0.39 is 11.9 Å². The van der Waals surface area contributed by atoms with E-state index in [0.717, 1.165) is 16.5 Å². The highest BCUT2D eigenvalue weighted by atomic mass is 16.5. The number of methoxy groups -OCH3 is 1. The normalized spacial score (nSPS) is 10.3. The smallest absolute Gasteiger partial charge is 0.340 e. The van der Waals surface area contributed by atoms with Gasteiger partial charge in [-0.3, -0.25) is 4.79 Å². The third-order valence-corrected chi connectivity index (χ3v) is 3.03. The highest BCUT2D eigenvalue weighted by Gasteiger charge is 2.19. The highest BCUT2D eigenvalue weighted by molar-refractivity contribution is 5.98. The second-order valence-corrected chi connectivity index (χ2v) is 4.35. The molecule has 0 unspecified atom stereocenters. The second kappa shape index (κ2) is 5.69. The third kappa shape index (κ3) is 2.61. The lowest BCUT2D eigenvalue weighted by molar-refractivity contribution is -0.142. The molecule has 1 aromatic carbocycles. The summed E-state index contributed by atoms with van der Waals surface area (Å²) in [6.45, 7) is 3.09. The molecule has 0 fully saturated rings. The molecule has 0 saturated carbocycles. The zero-order chi connectivity index (χ0) is 14.7. The van der Waals surface area contributed by atoms with Gasteiger partial charge >= 0.3 is 11.9 Å². The second-order valence-electron chi connectivity index (χ2n) is 4.35. The number of pyridine rings is 1. The molecular weight excluding hydrogens is 258 g/mol. The molecule has 2 aromatic rings. The lowest BCUT2D eigenvalue weighted by Crippen LogP contribution is -2.13. The Hall–Kier alpha value is -2.43. The molecule has 0 amide bonds. The Morgan fingerprint density at radius 3 is 2.60 bits per heavy atom. The number of benzene rings is 1. The van der Waals surface area contributed by atoms with Crippen molar-refractivity contribution in [2.75, 3.05) is 7.11 Å². The van der Waals surface area contributed by atoms with E-state index in [2.05, 4.69) is 4.98 Å². The van der Waals surface area contributed by atoms with Gasteiger partial charge in [-0.1, -0.05) is 18.2 Å². The van der Waals surface area contributed by atoms with Crippen molar-refractivity contribution in [3.63, 3.8) is 0 Å². The first-order valence-electron chi connectivity index (χ1n) is 6.14. The van der Waals surface area contributed by atoms with Crippen LogP contribution in [-0.4, -0.2) is 24.0 Å². The van der Waals surface area contributed by atoms with Gasteiger partial charge in [-0.2, -0.15) is 0 Å². The minimum Gasteiger partial charge on any atom is -0.465 e. The highest BCUT2D eigenvalue weighted by Crippen LogP contribution is 2.24. The molecule has 2 rings (SSSR count). The molecule has 0 aliphatic carbocycles. The number of fused-ring (bicyclic) bond motifs is 1. The Morgan fingerprint density at radius 1 is 1.25 bits per heavy atom. The van der Waals surface area contributed by atoms with Gasteiger partial charge in [0.2, 0.25) is 0 Å². The van der Waals surface area contributed by atoms with Gasteiger partial charge in [-0.05, 0) is 18.6 Å². The number of aryl methyl sites for hydroxylation is 1. The van der Waals surface area contributed by atoms with Crippen molar-refractivity contribution in [2.45, 2.75) is 20.5 Å². The summed E-state index contributed by atoms with van der Waals surface area (Å²) in [6.07, 6.45) is 0. The molecule has 0 aliphatic rings. The lowest BCUT2D eigenvalue weighted by Gasteiger charge is -2.13. The predicted octanol–water partition coefficient (Wildman–Crippen LogP) is 2.39. The van der Waals surface area contributed by atoms with Crippen LogP contribution in [0.4, 0.5) is 0 Å². The van der Waals surface area contributed by atoms with E-state index in [0.29, 0.717) is 11.3 Å². The fourth-order valence-electron chi connectivity index (χ4n) is 2.09. The molecule has 104 valence electrons. The first kappa shape index (κ1) is 14.0. The van der Waals surface area contributed by atoms with Crippen LogP contribution < -0.4 is 0 Å². The van der Waals surface area contributed by atoms with E-state index >= 15 is 0 Å². The van der Waals surface area contributed by atoms with E-state index in [-0.39, 0.29) is 6.61 Å². The summed E-state index contributed by atoms with van der Waals surface area (Å²) >= 11 is 0. The van der Waals surface area contributed by atoms with E-state index in [9.17, 15) is 9.59 Å². The molecule has 1 aromatic heterocycles. The zero-order valence-corrected chi connectivity index (χ0v) is 11.6.